The number of unbranched alkanes of at least 4 members (excludes halogenated alkanes) is 9. The first kappa shape index (κ1) is 23.7. The second-order valence-corrected chi connectivity index (χ2v) is 13.7. The third-order valence-corrected chi connectivity index (χ3v) is 10.8. The topological polar surface area (TPSA) is 26.3 Å². The molecule has 24 heavy (non-hydrogen) atoms. The van der Waals surface area contributed by atoms with Gasteiger partial charge in [0.25, 0.3) is 0 Å². The molecule has 142 valence electrons. The first-order valence-electron chi connectivity index (χ1n) is 9.96. The maximum atomic E-state index is 11.2. The summed E-state index contributed by atoms with van der Waals surface area (Å²) in [5, 5.41) is 0. The SMILES string of the molecule is C=C(C)C(=O)OCCCCCCCCCCCC[Si](Cl)(CC)CC. The van der Waals surface area contributed by atoms with Gasteiger partial charge in [-0.05, 0) is 31.5 Å². The summed E-state index contributed by atoms with van der Waals surface area (Å²) < 4.78 is 5.08. The average molecular weight is 375 g/mol. The van der Waals surface area contributed by atoms with E-state index < -0.39 is 7.38 Å². The molecule has 0 fully saturated rings. The Morgan fingerprint density at radius 3 is 1.71 bits per heavy atom. The van der Waals surface area contributed by atoms with Gasteiger partial charge in [0.05, 0.1) is 6.61 Å². The lowest BCUT2D eigenvalue weighted by atomic mass is 10.1. The van der Waals surface area contributed by atoms with Crippen LogP contribution in [0.3, 0.4) is 0 Å². The Balaban J connectivity index is 3.26. The molecule has 4 heteroatoms. The Morgan fingerprint density at radius 1 is 0.875 bits per heavy atom. The molecule has 0 heterocycles. The van der Waals surface area contributed by atoms with E-state index in [2.05, 4.69) is 20.4 Å². The molecule has 0 spiro atoms. The van der Waals surface area contributed by atoms with Crippen LogP contribution in [-0.4, -0.2) is 20.0 Å². The molecule has 0 atom stereocenters. The summed E-state index contributed by atoms with van der Waals surface area (Å²) in [6.07, 6.45) is 12.8. The van der Waals surface area contributed by atoms with E-state index in [0.717, 1.165) is 12.8 Å². The van der Waals surface area contributed by atoms with Crippen LogP contribution in [0, 0.1) is 0 Å². The van der Waals surface area contributed by atoms with Gasteiger partial charge < -0.3 is 4.74 Å². The molecule has 0 aromatic rings. The van der Waals surface area contributed by atoms with E-state index in [0.29, 0.717) is 12.2 Å². The molecule has 0 bridgehead atoms. The lowest BCUT2D eigenvalue weighted by molar-refractivity contribution is -0.139. The number of rotatable bonds is 16. The average Bonchev–Trinajstić information content (AvgIpc) is 2.58. The van der Waals surface area contributed by atoms with Crippen molar-refractivity contribution in [2.24, 2.45) is 0 Å². The normalized spacial score (nSPS) is 11.5. The van der Waals surface area contributed by atoms with Crippen molar-refractivity contribution in [2.75, 3.05) is 6.61 Å². The van der Waals surface area contributed by atoms with Gasteiger partial charge >= 0.3 is 5.97 Å². The van der Waals surface area contributed by atoms with Crippen LogP contribution in [-0.2, 0) is 9.53 Å². The zero-order valence-electron chi connectivity index (χ0n) is 16.3. The smallest absolute Gasteiger partial charge is 0.333 e. The summed E-state index contributed by atoms with van der Waals surface area (Å²) in [5.41, 5.74) is 0.485. The lowest BCUT2D eigenvalue weighted by Crippen LogP contribution is -2.23. The van der Waals surface area contributed by atoms with Crippen LogP contribution >= 0.6 is 11.1 Å². The van der Waals surface area contributed by atoms with E-state index in [1.807, 2.05) is 0 Å². The van der Waals surface area contributed by atoms with E-state index in [9.17, 15) is 4.79 Å². The molecule has 0 saturated heterocycles. The molecule has 0 saturated carbocycles. The van der Waals surface area contributed by atoms with Crippen molar-refractivity contribution in [3.05, 3.63) is 12.2 Å². The Hall–Kier alpha value is -0.283. The Morgan fingerprint density at radius 2 is 1.29 bits per heavy atom. The van der Waals surface area contributed by atoms with Crippen LogP contribution in [0.5, 0.6) is 0 Å². The number of ether oxygens (including phenoxy) is 1. The largest absolute Gasteiger partial charge is 0.462 e. The second-order valence-electron chi connectivity index (χ2n) is 7.06. The molecular weight excluding hydrogens is 336 g/mol. The Labute approximate surface area is 156 Å². The van der Waals surface area contributed by atoms with E-state index in [1.165, 1.54) is 69.5 Å². The van der Waals surface area contributed by atoms with Gasteiger partial charge in [0.2, 0.25) is 0 Å². The summed E-state index contributed by atoms with van der Waals surface area (Å²) in [7, 11) is -1.37. The molecule has 0 radical (unpaired) electrons. The highest BCUT2D eigenvalue weighted by Gasteiger charge is 2.24. The van der Waals surface area contributed by atoms with Crippen LogP contribution in [0.4, 0.5) is 0 Å². The maximum absolute atomic E-state index is 11.2. The number of hydrogen-bond acceptors (Lipinski definition) is 2. The van der Waals surface area contributed by atoms with Crippen molar-refractivity contribution in [1.82, 2.24) is 0 Å². The van der Waals surface area contributed by atoms with Crippen LogP contribution in [0.25, 0.3) is 0 Å². The van der Waals surface area contributed by atoms with Crippen LogP contribution in [0.15, 0.2) is 12.2 Å². The molecule has 0 aromatic heterocycles. The van der Waals surface area contributed by atoms with E-state index in [1.54, 1.807) is 6.92 Å². The van der Waals surface area contributed by atoms with Gasteiger partial charge in [0.15, 0.2) is 7.38 Å². The molecule has 0 aliphatic heterocycles. The zero-order valence-corrected chi connectivity index (χ0v) is 18.1. The fourth-order valence-corrected chi connectivity index (χ4v) is 5.34. The number of halogens is 1. The summed E-state index contributed by atoms with van der Waals surface area (Å²) in [5.74, 6) is -0.262. The molecule has 0 aromatic carbocycles. The third kappa shape index (κ3) is 13.1. The van der Waals surface area contributed by atoms with E-state index in [-0.39, 0.29) is 5.97 Å². The standard InChI is InChI=1S/C20H39ClO2Si/c1-5-24(21,6-2)18-16-14-12-10-8-7-9-11-13-15-17-23-20(22)19(3)4/h3,5-18H2,1-2,4H3. The van der Waals surface area contributed by atoms with Gasteiger partial charge in [-0.15, -0.1) is 0 Å². The quantitative estimate of drug-likeness (QED) is 0.0935. The van der Waals surface area contributed by atoms with Crippen molar-refractivity contribution in [3.63, 3.8) is 0 Å². The third-order valence-electron chi connectivity index (χ3n) is 4.87. The van der Waals surface area contributed by atoms with Crippen LogP contribution in [0.1, 0.15) is 85.0 Å². The monoisotopic (exact) mass is 374 g/mol. The van der Waals surface area contributed by atoms with Crippen molar-refractivity contribution in [1.29, 1.82) is 0 Å². The minimum absolute atomic E-state index is 0.262. The number of hydrogen-bond donors (Lipinski definition) is 0. The fourth-order valence-electron chi connectivity index (χ4n) is 2.85. The summed E-state index contributed by atoms with van der Waals surface area (Å²) in [6.45, 7) is 10.3. The highest BCUT2D eigenvalue weighted by Crippen LogP contribution is 2.27. The van der Waals surface area contributed by atoms with Gasteiger partial charge in [0.1, 0.15) is 0 Å². The molecule has 2 nitrogen and oxygen atoms in total. The van der Waals surface area contributed by atoms with Crippen LogP contribution < -0.4 is 0 Å². The molecule has 0 aliphatic carbocycles. The first-order chi connectivity index (χ1) is 11.4. The highest BCUT2D eigenvalue weighted by molar-refractivity contribution is 7.20. The second kappa shape index (κ2) is 15.0. The fraction of sp³-hybridized carbons (Fsp3) is 0.850. The molecule has 0 unspecified atom stereocenters. The van der Waals surface area contributed by atoms with Crippen molar-refractivity contribution < 1.29 is 9.53 Å². The molecule has 0 rings (SSSR count). The summed E-state index contributed by atoms with van der Waals surface area (Å²) >= 11 is 6.68. The number of carbonyl (C=O) groups is 1. The highest BCUT2D eigenvalue weighted by atomic mass is 35.6. The zero-order chi connectivity index (χ0) is 18.3. The van der Waals surface area contributed by atoms with Crippen LogP contribution in [0.2, 0.25) is 18.1 Å². The molecule has 0 N–H and O–H groups in total. The lowest BCUT2D eigenvalue weighted by Gasteiger charge is -2.20. The van der Waals surface area contributed by atoms with E-state index in [4.69, 9.17) is 15.8 Å². The predicted octanol–water partition coefficient (Wildman–Crippen LogP) is 7.23. The maximum Gasteiger partial charge on any atom is 0.333 e. The van der Waals surface area contributed by atoms with Crippen molar-refractivity contribution >= 4 is 24.4 Å². The number of carbonyl (C=O) groups excluding carboxylic acids is 1. The minimum atomic E-state index is -1.37. The Bertz CT molecular complexity index is 341. The van der Waals surface area contributed by atoms with Crippen molar-refractivity contribution in [2.45, 2.75) is 103 Å². The molecular formula is C20H39ClO2Si. The predicted molar refractivity (Wildman–Crippen MR) is 109 cm³/mol. The van der Waals surface area contributed by atoms with Gasteiger partial charge in [-0.2, -0.15) is 11.1 Å². The minimum Gasteiger partial charge on any atom is -0.462 e. The molecule has 0 aliphatic rings. The summed E-state index contributed by atoms with van der Waals surface area (Å²) in [6, 6.07) is 3.74. The van der Waals surface area contributed by atoms with Gasteiger partial charge in [-0.3, -0.25) is 0 Å². The summed E-state index contributed by atoms with van der Waals surface area (Å²) in [4.78, 5) is 11.2. The van der Waals surface area contributed by atoms with Crippen molar-refractivity contribution in [3.8, 4) is 0 Å². The Kier molecular flexibility index (Phi) is 14.8. The van der Waals surface area contributed by atoms with Gasteiger partial charge in [-0.25, -0.2) is 4.79 Å². The first-order valence-corrected chi connectivity index (χ1v) is 13.6. The van der Waals surface area contributed by atoms with Gasteiger partial charge in [-0.1, -0.05) is 78.2 Å². The number of esters is 1. The van der Waals surface area contributed by atoms with Gasteiger partial charge in [0, 0.05) is 5.57 Å². The molecule has 0 amide bonds. The van der Waals surface area contributed by atoms with E-state index >= 15 is 0 Å².